The van der Waals surface area contributed by atoms with Crippen molar-refractivity contribution in [3.63, 3.8) is 0 Å². The van der Waals surface area contributed by atoms with Gasteiger partial charge < -0.3 is 5.73 Å². The highest BCUT2D eigenvalue weighted by Gasteiger charge is 2.05. The maximum atomic E-state index is 5.44. The van der Waals surface area contributed by atoms with Crippen molar-refractivity contribution in [2.45, 2.75) is 46.5 Å². The lowest BCUT2D eigenvalue weighted by molar-refractivity contribution is 0.381. The van der Waals surface area contributed by atoms with E-state index >= 15 is 0 Å². The molecular formula is C10H23N. The fourth-order valence-corrected chi connectivity index (χ4v) is 1.44. The standard InChI is InChI=1S/C10H23N/c1-4-9(2)8-10(3)6-5-7-11/h9-10H,4-8,11H2,1-3H3. The van der Waals surface area contributed by atoms with Gasteiger partial charge in [-0.25, -0.2) is 0 Å². The Kier molecular flexibility index (Phi) is 6.63. The summed E-state index contributed by atoms with van der Waals surface area (Å²) < 4.78 is 0. The molecule has 1 nitrogen and oxygen atoms in total. The van der Waals surface area contributed by atoms with Gasteiger partial charge >= 0.3 is 0 Å². The van der Waals surface area contributed by atoms with Gasteiger partial charge in [0.2, 0.25) is 0 Å². The van der Waals surface area contributed by atoms with E-state index in [-0.39, 0.29) is 0 Å². The average Bonchev–Trinajstić information content (AvgIpc) is 2.00. The van der Waals surface area contributed by atoms with E-state index in [0.29, 0.717) is 0 Å². The van der Waals surface area contributed by atoms with Crippen molar-refractivity contribution < 1.29 is 0 Å². The molecule has 2 unspecified atom stereocenters. The van der Waals surface area contributed by atoms with Crippen molar-refractivity contribution in [1.29, 1.82) is 0 Å². The van der Waals surface area contributed by atoms with Crippen molar-refractivity contribution in [3.05, 3.63) is 0 Å². The molecule has 0 heterocycles. The van der Waals surface area contributed by atoms with Crippen LogP contribution >= 0.6 is 0 Å². The summed E-state index contributed by atoms with van der Waals surface area (Å²) in [6.07, 6.45) is 5.18. The molecule has 0 rings (SSSR count). The van der Waals surface area contributed by atoms with Crippen LogP contribution < -0.4 is 5.73 Å². The van der Waals surface area contributed by atoms with Crippen molar-refractivity contribution in [2.24, 2.45) is 17.6 Å². The van der Waals surface area contributed by atoms with Gasteiger partial charge in [0.25, 0.3) is 0 Å². The van der Waals surface area contributed by atoms with Crippen LogP contribution in [0.3, 0.4) is 0 Å². The second-order valence-corrected chi connectivity index (χ2v) is 3.79. The van der Waals surface area contributed by atoms with Gasteiger partial charge in [0.1, 0.15) is 0 Å². The van der Waals surface area contributed by atoms with Gasteiger partial charge in [-0.3, -0.25) is 0 Å². The highest BCUT2D eigenvalue weighted by molar-refractivity contribution is 4.58. The molecule has 0 radical (unpaired) electrons. The first kappa shape index (κ1) is 11.0. The number of hydrogen-bond acceptors (Lipinski definition) is 1. The Bertz CT molecular complexity index is 80.9. The van der Waals surface area contributed by atoms with E-state index in [2.05, 4.69) is 20.8 Å². The van der Waals surface area contributed by atoms with E-state index in [1.165, 1.54) is 25.7 Å². The van der Waals surface area contributed by atoms with Crippen LogP contribution in [0.5, 0.6) is 0 Å². The number of rotatable bonds is 6. The van der Waals surface area contributed by atoms with Crippen LogP contribution in [0.4, 0.5) is 0 Å². The average molecular weight is 157 g/mol. The van der Waals surface area contributed by atoms with E-state index < -0.39 is 0 Å². The lowest BCUT2D eigenvalue weighted by Crippen LogP contribution is -2.06. The molecule has 11 heavy (non-hydrogen) atoms. The molecule has 68 valence electrons. The zero-order chi connectivity index (χ0) is 8.69. The quantitative estimate of drug-likeness (QED) is 0.630. The van der Waals surface area contributed by atoms with Crippen molar-refractivity contribution in [2.75, 3.05) is 6.54 Å². The molecule has 0 fully saturated rings. The lowest BCUT2D eigenvalue weighted by atomic mass is 9.92. The smallest absolute Gasteiger partial charge is 0.00772 e. The van der Waals surface area contributed by atoms with Gasteiger partial charge in [-0.15, -0.1) is 0 Å². The molecule has 0 aromatic rings. The maximum absolute atomic E-state index is 5.44. The molecule has 0 aromatic heterocycles. The van der Waals surface area contributed by atoms with Crippen molar-refractivity contribution >= 4 is 0 Å². The molecular weight excluding hydrogens is 134 g/mol. The van der Waals surface area contributed by atoms with Crippen LogP contribution in [0.25, 0.3) is 0 Å². The molecule has 0 aromatic carbocycles. The topological polar surface area (TPSA) is 26.0 Å². The Morgan fingerprint density at radius 3 is 2.27 bits per heavy atom. The molecule has 2 atom stereocenters. The summed E-state index contributed by atoms with van der Waals surface area (Å²) in [6.45, 7) is 7.78. The third kappa shape index (κ3) is 6.36. The summed E-state index contributed by atoms with van der Waals surface area (Å²) in [4.78, 5) is 0. The Morgan fingerprint density at radius 1 is 1.18 bits per heavy atom. The maximum Gasteiger partial charge on any atom is -0.00772 e. The van der Waals surface area contributed by atoms with E-state index in [1.807, 2.05) is 0 Å². The van der Waals surface area contributed by atoms with Crippen molar-refractivity contribution in [1.82, 2.24) is 0 Å². The zero-order valence-corrected chi connectivity index (χ0v) is 8.27. The first-order chi connectivity index (χ1) is 5.20. The fourth-order valence-electron chi connectivity index (χ4n) is 1.44. The largest absolute Gasteiger partial charge is 0.330 e. The van der Waals surface area contributed by atoms with E-state index in [4.69, 9.17) is 5.73 Å². The first-order valence-electron chi connectivity index (χ1n) is 4.90. The minimum absolute atomic E-state index is 0.852. The Labute approximate surface area is 71.4 Å². The molecule has 0 amide bonds. The highest BCUT2D eigenvalue weighted by atomic mass is 14.5. The normalized spacial score (nSPS) is 16.4. The van der Waals surface area contributed by atoms with E-state index in [0.717, 1.165) is 18.4 Å². The Morgan fingerprint density at radius 2 is 1.82 bits per heavy atom. The van der Waals surface area contributed by atoms with E-state index in [9.17, 15) is 0 Å². The molecule has 2 N–H and O–H groups in total. The molecule has 0 saturated carbocycles. The van der Waals surface area contributed by atoms with Gasteiger partial charge in [-0.05, 0) is 37.6 Å². The third-order valence-corrected chi connectivity index (χ3v) is 2.40. The molecule has 0 saturated heterocycles. The summed E-state index contributed by atoms with van der Waals surface area (Å²) in [7, 11) is 0. The van der Waals surface area contributed by atoms with Crippen LogP contribution in [-0.4, -0.2) is 6.54 Å². The molecule has 0 aliphatic rings. The molecule has 0 bridgehead atoms. The van der Waals surface area contributed by atoms with Crippen LogP contribution in [0.2, 0.25) is 0 Å². The third-order valence-electron chi connectivity index (χ3n) is 2.40. The number of nitrogens with two attached hydrogens (primary N) is 1. The number of hydrogen-bond donors (Lipinski definition) is 1. The second-order valence-electron chi connectivity index (χ2n) is 3.79. The SMILES string of the molecule is CCC(C)CC(C)CCCN. The summed E-state index contributed by atoms with van der Waals surface area (Å²) in [6, 6.07) is 0. The molecule has 0 aliphatic heterocycles. The lowest BCUT2D eigenvalue weighted by Gasteiger charge is -2.14. The van der Waals surface area contributed by atoms with E-state index in [1.54, 1.807) is 0 Å². The zero-order valence-electron chi connectivity index (χ0n) is 8.27. The summed E-state index contributed by atoms with van der Waals surface area (Å²) in [5.74, 6) is 1.76. The summed E-state index contributed by atoms with van der Waals surface area (Å²) >= 11 is 0. The van der Waals surface area contributed by atoms with Crippen LogP contribution in [0, 0.1) is 11.8 Å². The monoisotopic (exact) mass is 157 g/mol. The minimum atomic E-state index is 0.852. The summed E-state index contributed by atoms with van der Waals surface area (Å²) in [5.41, 5.74) is 5.44. The second kappa shape index (κ2) is 6.66. The molecule has 0 aliphatic carbocycles. The predicted molar refractivity (Wildman–Crippen MR) is 51.5 cm³/mol. The fraction of sp³-hybridized carbons (Fsp3) is 1.00. The first-order valence-corrected chi connectivity index (χ1v) is 4.90. The van der Waals surface area contributed by atoms with Gasteiger partial charge in [0.05, 0.1) is 0 Å². The van der Waals surface area contributed by atoms with Crippen LogP contribution in [0.15, 0.2) is 0 Å². The van der Waals surface area contributed by atoms with Crippen LogP contribution in [-0.2, 0) is 0 Å². The highest BCUT2D eigenvalue weighted by Crippen LogP contribution is 2.18. The molecule has 1 heteroatoms. The Hall–Kier alpha value is -0.0400. The summed E-state index contributed by atoms with van der Waals surface area (Å²) in [5, 5.41) is 0. The molecule has 0 spiro atoms. The Balaban J connectivity index is 3.27. The van der Waals surface area contributed by atoms with Gasteiger partial charge in [0, 0.05) is 0 Å². The minimum Gasteiger partial charge on any atom is -0.330 e. The van der Waals surface area contributed by atoms with Crippen LogP contribution in [0.1, 0.15) is 46.5 Å². The van der Waals surface area contributed by atoms with Gasteiger partial charge in [-0.1, -0.05) is 27.2 Å². The van der Waals surface area contributed by atoms with Gasteiger partial charge in [-0.2, -0.15) is 0 Å². The predicted octanol–water partition coefficient (Wildman–Crippen LogP) is 2.80. The van der Waals surface area contributed by atoms with Gasteiger partial charge in [0.15, 0.2) is 0 Å². The van der Waals surface area contributed by atoms with Crippen molar-refractivity contribution in [3.8, 4) is 0 Å².